The largest absolute Gasteiger partial charge is 0.0840 e. The highest BCUT2D eigenvalue weighted by Crippen LogP contribution is 2.22. The van der Waals surface area contributed by atoms with Gasteiger partial charge in [-0.25, -0.2) is 0 Å². The zero-order valence-corrected chi connectivity index (χ0v) is 9.33. The van der Waals surface area contributed by atoms with Crippen LogP contribution in [0.25, 0.3) is 0 Å². The third-order valence-corrected chi connectivity index (χ3v) is 2.47. The first-order chi connectivity index (χ1) is 5.22. The average Bonchev–Trinajstić information content (AvgIpc) is 2.04. The van der Waals surface area contributed by atoms with E-state index in [1.807, 2.05) is 39.0 Å². The molecule has 0 spiro atoms. The van der Waals surface area contributed by atoms with Crippen molar-refractivity contribution in [1.29, 1.82) is 0 Å². The van der Waals surface area contributed by atoms with Gasteiger partial charge in [-0.1, -0.05) is 47.4 Å². The molecule has 0 aliphatic heterocycles. The zero-order valence-electron chi connectivity index (χ0n) is 6.99. The van der Waals surface area contributed by atoms with E-state index >= 15 is 0 Å². The van der Waals surface area contributed by atoms with Crippen LogP contribution in [-0.4, -0.2) is 0 Å². The van der Waals surface area contributed by atoms with Crippen LogP contribution in [-0.2, 0) is 0 Å². The summed E-state index contributed by atoms with van der Waals surface area (Å²) in [6.45, 7) is 5.98. The molecular formula is C9H12BrCl. The van der Waals surface area contributed by atoms with Crippen LogP contribution in [0.3, 0.4) is 0 Å². The minimum absolute atomic E-state index is 0.810. The molecule has 0 aromatic heterocycles. The molecule has 11 heavy (non-hydrogen) atoms. The SMILES string of the molecule is CC.Cc1c(Cl)cccc1Br. The second-order valence-electron chi connectivity index (χ2n) is 1.85. The van der Waals surface area contributed by atoms with Crippen molar-refractivity contribution in [3.05, 3.63) is 33.3 Å². The second kappa shape index (κ2) is 5.62. The summed E-state index contributed by atoms with van der Waals surface area (Å²) >= 11 is 9.15. The Morgan fingerprint density at radius 2 is 1.82 bits per heavy atom. The van der Waals surface area contributed by atoms with Gasteiger partial charge in [0, 0.05) is 9.50 Å². The van der Waals surface area contributed by atoms with Crippen molar-refractivity contribution in [3.63, 3.8) is 0 Å². The van der Waals surface area contributed by atoms with E-state index in [9.17, 15) is 0 Å². The number of hydrogen-bond acceptors (Lipinski definition) is 0. The first-order valence-electron chi connectivity index (χ1n) is 3.62. The summed E-state index contributed by atoms with van der Waals surface area (Å²) in [5.74, 6) is 0. The molecule has 0 heterocycles. The standard InChI is InChI=1S/C7H6BrCl.C2H6/c1-5-6(8)3-2-4-7(5)9;1-2/h2-4H,1H3;1-2H3. The van der Waals surface area contributed by atoms with Crippen molar-refractivity contribution < 1.29 is 0 Å². The van der Waals surface area contributed by atoms with Gasteiger partial charge in [-0.15, -0.1) is 0 Å². The fourth-order valence-corrected chi connectivity index (χ4v) is 1.24. The van der Waals surface area contributed by atoms with E-state index in [1.165, 1.54) is 0 Å². The number of benzene rings is 1. The van der Waals surface area contributed by atoms with Crippen molar-refractivity contribution in [2.75, 3.05) is 0 Å². The van der Waals surface area contributed by atoms with Gasteiger partial charge in [0.25, 0.3) is 0 Å². The predicted molar refractivity (Wildman–Crippen MR) is 55.2 cm³/mol. The molecule has 0 N–H and O–H groups in total. The summed E-state index contributed by atoms with van der Waals surface area (Å²) in [4.78, 5) is 0. The normalized spacial score (nSPS) is 8.45. The number of rotatable bonds is 0. The first-order valence-corrected chi connectivity index (χ1v) is 4.79. The van der Waals surface area contributed by atoms with Crippen LogP contribution in [0.4, 0.5) is 0 Å². The molecule has 1 aromatic carbocycles. The summed E-state index contributed by atoms with van der Waals surface area (Å²) < 4.78 is 1.06. The van der Waals surface area contributed by atoms with Gasteiger partial charge >= 0.3 is 0 Å². The second-order valence-corrected chi connectivity index (χ2v) is 3.11. The Balaban J connectivity index is 0.000000461. The summed E-state index contributed by atoms with van der Waals surface area (Å²) in [5, 5.41) is 0.810. The Labute approximate surface area is 81.7 Å². The number of halogens is 2. The maximum absolute atomic E-state index is 5.78. The molecule has 0 unspecified atom stereocenters. The Morgan fingerprint density at radius 3 is 2.18 bits per heavy atom. The Morgan fingerprint density at radius 1 is 1.27 bits per heavy atom. The molecule has 0 saturated heterocycles. The molecule has 0 saturated carbocycles. The summed E-state index contributed by atoms with van der Waals surface area (Å²) in [7, 11) is 0. The summed E-state index contributed by atoms with van der Waals surface area (Å²) in [5.41, 5.74) is 1.10. The van der Waals surface area contributed by atoms with Crippen LogP contribution in [0.2, 0.25) is 5.02 Å². The van der Waals surface area contributed by atoms with Gasteiger partial charge in [-0.2, -0.15) is 0 Å². The fourth-order valence-electron chi connectivity index (χ4n) is 0.581. The van der Waals surface area contributed by atoms with E-state index in [0.29, 0.717) is 0 Å². The molecule has 0 nitrogen and oxygen atoms in total. The highest BCUT2D eigenvalue weighted by atomic mass is 79.9. The molecule has 0 aliphatic carbocycles. The van der Waals surface area contributed by atoms with Crippen LogP contribution < -0.4 is 0 Å². The summed E-state index contributed by atoms with van der Waals surface area (Å²) in [6.07, 6.45) is 0. The Hall–Kier alpha value is -0.0100. The third-order valence-electron chi connectivity index (χ3n) is 1.20. The van der Waals surface area contributed by atoms with Gasteiger partial charge in [0.2, 0.25) is 0 Å². The van der Waals surface area contributed by atoms with E-state index in [2.05, 4.69) is 15.9 Å². The van der Waals surface area contributed by atoms with Gasteiger partial charge < -0.3 is 0 Å². The van der Waals surface area contributed by atoms with Crippen molar-refractivity contribution in [3.8, 4) is 0 Å². The maximum atomic E-state index is 5.78. The van der Waals surface area contributed by atoms with Crippen molar-refractivity contribution in [1.82, 2.24) is 0 Å². The monoisotopic (exact) mass is 234 g/mol. The highest BCUT2D eigenvalue weighted by Gasteiger charge is 1.95. The average molecular weight is 236 g/mol. The highest BCUT2D eigenvalue weighted by molar-refractivity contribution is 9.10. The van der Waals surface area contributed by atoms with Gasteiger partial charge in [0.1, 0.15) is 0 Å². The van der Waals surface area contributed by atoms with Crippen molar-refractivity contribution in [2.45, 2.75) is 20.8 Å². The predicted octanol–water partition coefficient (Wildman–Crippen LogP) is 4.44. The van der Waals surface area contributed by atoms with Gasteiger partial charge in [0.15, 0.2) is 0 Å². The molecular weight excluding hydrogens is 223 g/mol. The van der Waals surface area contributed by atoms with Crippen LogP contribution >= 0.6 is 27.5 Å². The van der Waals surface area contributed by atoms with Gasteiger partial charge in [-0.3, -0.25) is 0 Å². The molecule has 0 radical (unpaired) electrons. The smallest absolute Gasteiger partial charge is 0.0446 e. The minimum Gasteiger partial charge on any atom is -0.0840 e. The molecule has 0 aliphatic rings. The molecule has 0 atom stereocenters. The van der Waals surface area contributed by atoms with Crippen LogP contribution in [0, 0.1) is 6.92 Å². The fraction of sp³-hybridized carbons (Fsp3) is 0.333. The van der Waals surface area contributed by atoms with Crippen LogP contribution in [0.5, 0.6) is 0 Å². The molecule has 0 amide bonds. The van der Waals surface area contributed by atoms with Gasteiger partial charge in [-0.05, 0) is 24.6 Å². The van der Waals surface area contributed by atoms with Crippen LogP contribution in [0.1, 0.15) is 19.4 Å². The molecule has 1 aromatic rings. The first kappa shape index (κ1) is 11.0. The molecule has 1 rings (SSSR count). The zero-order chi connectivity index (χ0) is 8.85. The van der Waals surface area contributed by atoms with E-state index in [-0.39, 0.29) is 0 Å². The lowest BCUT2D eigenvalue weighted by atomic mass is 10.2. The van der Waals surface area contributed by atoms with Gasteiger partial charge in [0.05, 0.1) is 0 Å². The van der Waals surface area contributed by atoms with Crippen molar-refractivity contribution >= 4 is 27.5 Å². The van der Waals surface area contributed by atoms with E-state index in [0.717, 1.165) is 15.1 Å². The lowest BCUT2D eigenvalue weighted by Crippen LogP contribution is -1.74. The van der Waals surface area contributed by atoms with E-state index in [1.54, 1.807) is 0 Å². The molecule has 0 fully saturated rings. The molecule has 62 valence electrons. The maximum Gasteiger partial charge on any atom is 0.0446 e. The van der Waals surface area contributed by atoms with E-state index < -0.39 is 0 Å². The van der Waals surface area contributed by atoms with E-state index in [4.69, 9.17) is 11.6 Å². The lowest BCUT2D eigenvalue weighted by Gasteiger charge is -1.97. The molecule has 2 heteroatoms. The topological polar surface area (TPSA) is 0 Å². The minimum atomic E-state index is 0.810. The molecule has 0 bridgehead atoms. The quantitative estimate of drug-likeness (QED) is 0.624. The Kier molecular flexibility index (Phi) is 5.61. The number of hydrogen-bond donors (Lipinski definition) is 0. The van der Waals surface area contributed by atoms with Crippen LogP contribution in [0.15, 0.2) is 22.7 Å². The summed E-state index contributed by atoms with van der Waals surface area (Å²) in [6, 6.07) is 5.77. The Bertz CT molecular complexity index is 201. The third kappa shape index (κ3) is 3.26. The van der Waals surface area contributed by atoms with Crippen molar-refractivity contribution in [2.24, 2.45) is 0 Å². The lowest BCUT2D eigenvalue weighted by molar-refractivity contribution is 1.43.